The van der Waals surface area contributed by atoms with E-state index in [0.717, 1.165) is 9.80 Å². The summed E-state index contributed by atoms with van der Waals surface area (Å²) in [5.74, 6) is -2.52. The predicted octanol–water partition coefficient (Wildman–Crippen LogP) is -2.78. The molecule has 0 aliphatic rings. The molecule has 20 heteroatoms. The molecular weight excluding hydrogens is 708 g/mol. The first-order chi connectivity index (χ1) is 25.4. The van der Waals surface area contributed by atoms with Gasteiger partial charge in [0.2, 0.25) is 54.2 Å². The SMILES string of the molecule is CC.CC.CCN(C)C(=O)CN(C)C=O.CCNCC(=O)N(C)CC(=O)N(C)CC(=O)NCC(=O)N(C)CC(=O)N(C)CC(=O)NCC.O=CCNC=O. The summed E-state index contributed by atoms with van der Waals surface area (Å²) in [4.78, 5) is 119. The second-order valence-corrected chi connectivity index (χ2v) is 10.6. The lowest BCUT2D eigenvalue weighted by molar-refractivity contribution is -0.141. The molecule has 0 aromatic carbocycles. The van der Waals surface area contributed by atoms with E-state index in [1.54, 1.807) is 25.9 Å². The normalized spacial score (nSPS) is 8.98. The smallest absolute Gasteiger partial charge is 0.242 e. The molecule has 20 nitrogen and oxygen atoms in total. The molecule has 54 heavy (non-hydrogen) atoms. The molecule has 314 valence electrons. The third-order valence-electron chi connectivity index (χ3n) is 6.30. The van der Waals surface area contributed by atoms with E-state index in [1.807, 2.05) is 41.5 Å². The number of nitrogens with zero attached hydrogens (tertiary/aromatic N) is 6. The van der Waals surface area contributed by atoms with Gasteiger partial charge >= 0.3 is 0 Å². The van der Waals surface area contributed by atoms with Crippen LogP contribution in [0, 0.1) is 0 Å². The summed E-state index contributed by atoms with van der Waals surface area (Å²) in [6.07, 6.45) is 1.74. The van der Waals surface area contributed by atoms with Crippen molar-refractivity contribution < 1.29 is 47.9 Å². The number of amides is 9. The van der Waals surface area contributed by atoms with Gasteiger partial charge in [-0.3, -0.25) is 43.2 Å². The van der Waals surface area contributed by atoms with Gasteiger partial charge in [0, 0.05) is 55.4 Å². The molecule has 0 fully saturated rings. The highest BCUT2D eigenvalue weighted by molar-refractivity contribution is 5.91. The fourth-order valence-electron chi connectivity index (χ4n) is 3.06. The number of hydrogen-bond donors (Lipinski definition) is 4. The number of likely N-dealkylation sites (N-methyl/N-ethyl adjacent to an activating group) is 8. The lowest BCUT2D eigenvalue weighted by Gasteiger charge is -2.23. The molecule has 0 aromatic heterocycles. The Balaban J connectivity index is -0.000000310. The average molecular weight is 777 g/mol. The van der Waals surface area contributed by atoms with Gasteiger partial charge in [-0.1, -0.05) is 34.6 Å². The number of carbonyl (C=O) groups is 10. The predicted molar refractivity (Wildman–Crippen MR) is 206 cm³/mol. The Morgan fingerprint density at radius 2 is 0.907 bits per heavy atom. The average Bonchev–Trinajstić information content (AvgIpc) is 3.16. The van der Waals surface area contributed by atoms with Crippen LogP contribution in [0.3, 0.4) is 0 Å². The van der Waals surface area contributed by atoms with E-state index in [0.29, 0.717) is 38.7 Å². The van der Waals surface area contributed by atoms with E-state index in [1.165, 1.54) is 42.9 Å². The summed E-state index contributed by atoms with van der Waals surface area (Å²) >= 11 is 0. The van der Waals surface area contributed by atoms with Crippen molar-refractivity contribution in [1.82, 2.24) is 50.7 Å². The first kappa shape index (κ1) is 58.2. The zero-order valence-corrected chi connectivity index (χ0v) is 34.8. The molecule has 0 rings (SSSR count). The highest BCUT2D eigenvalue weighted by Crippen LogP contribution is 1.93. The number of carbonyl (C=O) groups excluding carboxylic acids is 10. The van der Waals surface area contributed by atoms with Crippen molar-refractivity contribution in [3.05, 3.63) is 0 Å². The zero-order valence-electron chi connectivity index (χ0n) is 34.8. The molecule has 0 spiro atoms. The molecular formula is C34H68N10O10. The van der Waals surface area contributed by atoms with E-state index in [9.17, 15) is 47.9 Å². The first-order valence-electron chi connectivity index (χ1n) is 17.7. The summed E-state index contributed by atoms with van der Waals surface area (Å²) in [5.41, 5.74) is 0. The summed E-state index contributed by atoms with van der Waals surface area (Å²) in [6, 6.07) is 0. The Morgan fingerprint density at radius 1 is 0.500 bits per heavy atom. The van der Waals surface area contributed by atoms with Crippen LogP contribution in [0.4, 0.5) is 0 Å². The van der Waals surface area contributed by atoms with Gasteiger partial charge in [0.25, 0.3) is 0 Å². The largest absolute Gasteiger partial charge is 0.355 e. The Bertz CT molecular complexity index is 1100. The molecule has 0 bridgehead atoms. The van der Waals surface area contributed by atoms with Crippen LogP contribution in [0.15, 0.2) is 0 Å². The van der Waals surface area contributed by atoms with Gasteiger partial charge in [-0.05, 0) is 20.4 Å². The second-order valence-electron chi connectivity index (χ2n) is 10.6. The fourth-order valence-corrected chi connectivity index (χ4v) is 3.06. The van der Waals surface area contributed by atoms with Gasteiger partial charge < -0.3 is 55.5 Å². The molecule has 0 saturated carbocycles. The van der Waals surface area contributed by atoms with Crippen LogP contribution in [0.25, 0.3) is 0 Å². The fraction of sp³-hybridized carbons (Fsp3) is 0.706. The quantitative estimate of drug-likeness (QED) is 0.0687. The van der Waals surface area contributed by atoms with E-state index in [4.69, 9.17) is 0 Å². The highest BCUT2D eigenvalue weighted by atomic mass is 16.2. The number of hydrogen-bond acceptors (Lipinski definition) is 11. The Hall–Kier alpha value is -5.14. The van der Waals surface area contributed by atoms with Gasteiger partial charge in [0.15, 0.2) is 0 Å². The maximum Gasteiger partial charge on any atom is 0.242 e. The summed E-state index contributed by atoms with van der Waals surface area (Å²) in [7, 11) is 9.06. The van der Waals surface area contributed by atoms with Gasteiger partial charge in [-0.2, -0.15) is 0 Å². The minimum Gasteiger partial charge on any atom is -0.355 e. The Morgan fingerprint density at radius 3 is 1.26 bits per heavy atom. The van der Waals surface area contributed by atoms with Crippen molar-refractivity contribution in [3.63, 3.8) is 0 Å². The summed E-state index contributed by atoms with van der Waals surface area (Å²) < 4.78 is 0. The molecule has 0 atom stereocenters. The van der Waals surface area contributed by atoms with Crippen molar-refractivity contribution in [1.29, 1.82) is 0 Å². The minimum absolute atomic E-state index is 0.0397. The third-order valence-corrected chi connectivity index (χ3v) is 6.30. The van der Waals surface area contributed by atoms with Gasteiger partial charge in [-0.25, -0.2) is 0 Å². The van der Waals surface area contributed by atoms with Gasteiger partial charge in [0.05, 0.1) is 52.4 Å². The standard InChI is InChI=1S/C20H37N7O6.C7H14N2O2.C3H5NO2.2C2H6/c1-7-21-9-17(30)26(5)13-19(32)25(4)12-16(29)23-10-18(31)27(6)14-20(33)24(3)11-15(28)22-8-2;1-4-9(3)7(11)5-8(2)6-10;5-2-1-4-3-6;2*1-2/h21H,7-14H2,1-6H3,(H,22,28)(H,23,29);6H,4-5H2,1-3H3;2-3H,1H2,(H,4,6);2*1-2H3. The molecule has 0 saturated heterocycles. The molecule has 0 aliphatic carbocycles. The first-order valence-corrected chi connectivity index (χ1v) is 17.7. The van der Waals surface area contributed by atoms with Crippen LogP contribution in [0.2, 0.25) is 0 Å². The van der Waals surface area contributed by atoms with Crippen molar-refractivity contribution in [2.75, 3.05) is 114 Å². The van der Waals surface area contributed by atoms with Crippen LogP contribution in [-0.2, 0) is 47.9 Å². The van der Waals surface area contributed by atoms with Crippen LogP contribution < -0.4 is 21.3 Å². The number of rotatable bonds is 21. The van der Waals surface area contributed by atoms with Crippen LogP contribution in [-0.4, -0.2) is 204 Å². The lowest BCUT2D eigenvalue weighted by atomic mass is 10.4. The van der Waals surface area contributed by atoms with E-state index in [2.05, 4.69) is 21.3 Å². The van der Waals surface area contributed by atoms with Gasteiger partial charge in [-0.15, -0.1) is 0 Å². The monoisotopic (exact) mass is 777 g/mol. The van der Waals surface area contributed by atoms with Crippen LogP contribution >= 0.6 is 0 Å². The maximum atomic E-state index is 12.2. The lowest BCUT2D eigenvalue weighted by Crippen LogP contribution is -2.48. The van der Waals surface area contributed by atoms with Crippen LogP contribution in [0.5, 0.6) is 0 Å². The molecule has 0 radical (unpaired) electrons. The zero-order chi connectivity index (χ0) is 43.2. The molecule has 9 amide bonds. The summed E-state index contributed by atoms with van der Waals surface area (Å²) in [5, 5.41) is 10.0. The molecule has 0 aromatic rings. The number of nitrogens with one attached hydrogen (secondary N) is 4. The minimum atomic E-state index is -0.561. The van der Waals surface area contributed by atoms with Crippen molar-refractivity contribution in [3.8, 4) is 0 Å². The van der Waals surface area contributed by atoms with E-state index in [-0.39, 0.29) is 70.1 Å². The Kier molecular flexibility index (Phi) is 42.1. The van der Waals surface area contributed by atoms with E-state index < -0.39 is 23.6 Å². The van der Waals surface area contributed by atoms with Crippen molar-refractivity contribution >= 4 is 60.5 Å². The van der Waals surface area contributed by atoms with Gasteiger partial charge in [0.1, 0.15) is 6.29 Å². The highest BCUT2D eigenvalue weighted by Gasteiger charge is 2.20. The second kappa shape index (κ2) is 39.1. The molecule has 0 unspecified atom stereocenters. The molecule has 4 N–H and O–H groups in total. The van der Waals surface area contributed by atoms with Crippen LogP contribution in [0.1, 0.15) is 48.5 Å². The summed E-state index contributed by atoms with van der Waals surface area (Å²) in [6.45, 7) is 14.4. The molecule has 0 aliphatic heterocycles. The number of aldehydes is 1. The maximum absolute atomic E-state index is 12.2. The van der Waals surface area contributed by atoms with Crippen molar-refractivity contribution in [2.45, 2.75) is 48.5 Å². The Labute approximate surface area is 321 Å². The molecule has 0 heterocycles. The van der Waals surface area contributed by atoms with Crippen molar-refractivity contribution in [2.24, 2.45) is 0 Å². The topological polar surface area (TPSA) is 238 Å². The third kappa shape index (κ3) is 34.0. The van der Waals surface area contributed by atoms with E-state index >= 15 is 0 Å².